The molecule has 0 bridgehead atoms. The Hall–Kier alpha value is -0.770. The van der Waals surface area contributed by atoms with Gasteiger partial charge in [-0.25, -0.2) is 0 Å². The minimum absolute atomic E-state index is 0.317. The summed E-state index contributed by atoms with van der Waals surface area (Å²) in [6.45, 7) is 1.66. The molecule has 0 radical (unpaired) electrons. The van der Waals surface area contributed by atoms with E-state index in [1.807, 2.05) is 0 Å². The van der Waals surface area contributed by atoms with Gasteiger partial charge < -0.3 is 9.94 Å². The first-order valence-corrected chi connectivity index (χ1v) is 5.70. The monoisotopic (exact) mass is 259 g/mol. The van der Waals surface area contributed by atoms with Gasteiger partial charge in [-0.15, -0.1) is 0 Å². The average molecular weight is 260 g/mol. The summed E-state index contributed by atoms with van der Waals surface area (Å²) in [5.41, 5.74) is 1.37. The number of oxime groups is 1. The zero-order chi connectivity index (χ0) is 11.7. The van der Waals surface area contributed by atoms with Crippen molar-refractivity contribution in [2.75, 3.05) is 0 Å². The van der Waals surface area contributed by atoms with Crippen LogP contribution in [0.4, 0.5) is 0 Å². The van der Waals surface area contributed by atoms with Crippen LogP contribution in [0.1, 0.15) is 18.9 Å². The van der Waals surface area contributed by atoms with E-state index in [1.54, 1.807) is 25.1 Å². The number of hydrogen-bond acceptors (Lipinski definition) is 3. The van der Waals surface area contributed by atoms with Crippen LogP contribution in [-0.2, 0) is 4.84 Å². The van der Waals surface area contributed by atoms with Crippen LogP contribution < -0.4 is 0 Å². The molecule has 0 saturated heterocycles. The summed E-state index contributed by atoms with van der Waals surface area (Å²) in [6.07, 6.45) is -0.369. The molecule has 0 saturated carbocycles. The van der Waals surface area contributed by atoms with Crippen LogP contribution in [0.15, 0.2) is 23.4 Å². The SMILES string of the molecule is C[C@H](O)[C@@H]1CC(c2c(Cl)cccc2Cl)=NO1. The van der Waals surface area contributed by atoms with Gasteiger partial charge in [-0.3, -0.25) is 0 Å². The maximum atomic E-state index is 9.39. The minimum Gasteiger partial charge on any atom is -0.389 e. The van der Waals surface area contributed by atoms with Gasteiger partial charge in [0.2, 0.25) is 0 Å². The van der Waals surface area contributed by atoms with Crippen LogP contribution in [0.3, 0.4) is 0 Å². The van der Waals surface area contributed by atoms with Gasteiger partial charge in [-0.05, 0) is 19.1 Å². The highest BCUT2D eigenvalue weighted by Crippen LogP contribution is 2.29. The molecule has 1 aromatic carbocycles. The Labute approximate surface area is 104 Å². The van der Waals surface area contributed by atoms with Gasteiger partial charge in [0.25, 0.3) is 0 Å². The highest BCUT2D eigenvalue weighted by Gasteiger charge is 2.28. The van der Waals surface area contributed by atoms with E-state index >= 15 is 0 Å². The second-order valence-electron chi connectivity index (χ2n) is 3.72. The van der Waals surface area contributed by atoms with Crippen molar-refractivity contribution < 1.29 is 9.94 Å². The van der Waals surface area contributed by atoms with Crippen LogP contribution in [0.2, 0.25) is 10.0 Å². The molecule has 1 aliphatic rings. The molecular weight excluding hydrogens is 249 g/mol. The molecule has 0 unspecified atom stereocenters. The normalized spacial score (nSPS) is 21.5. The number of benzene rings is 1. The molecule has 86 valence electrons. The zero-order valence-electron chi connectivity index (χ0n) is 8.65. The van der Waals surface area contributed by atoms with Crippen molar-refractivity contribution >= 4 is 28.9 Å². The third-order valence-corrected chi connectivity index (χ3v) is 3.11. The van der Waals surface area contributed by atoms with Crippen LogP contribution in [0, 0.1) is 0 Å². The summed E-state index contributed by atoms with van der Waals surface area (Å²) in [5.74, 6) is 0. The number of hydrogen-bond donors (Lipinski definition) is 1. The summed E-state index contributed by atoms with van der Waals surface area (Å²) in [4.78, 5) is 5.11. The van der Waals surface area contributed by atoms with Crippen LogP contribution in [0.5, 0.6) is 0 Å². The standard InChI is InChI=1S/C11H11Cl2NO2/c1-6(15)10-5-9(14-16-10)11-7(12)3-2-4-8(11)13/h2-4,6,10,15H,5H2,1H3/t6-,10-/m0/s1. The highest BCUT2D eigenvalue weighted by molar-refractivity contribution is 6.40. The number of nitrogens with zero attached hydrogens (tertiary/aromatic N) is 1. The van der Waals surface area contributed by atoms with Crippen molar-refractivity contribution in [2.24, 2.45) is 5.16 Å². The fourth-order valence-corrected chi connectivity index (χ4v) is 2.19. The molecule has 0 aromatic heterocycles. The molecule has 3 nitrogen and oxygen atoms in total. The van der Waals surface area contributed by atoms with Gasteiger partial charge in [-0.1, -0.05) is 34.4 Å². The Morgan fingerprint density at radius 3 is 2.56 bits per heavy atom. The van der Waals surface area contributed by atoms with E-state index < -0.39 is 6.10 Å². The summed E-state index contributed by atoms with van der Waals surface area (Å²) in [6, 6.07) is 5.28. The Bertz CT molecular complexity index is 412. The topological polar surface area (TPSA) is 41.8 Å². The second kappa shape index (κ2) is 4.62. The third kappa shape index (κ3) is 2.17. The fourth-order valence-electron chi connectivity index (χ4n) is 1.58. The summed E-state index contributed by atoms with van der Waals surface area (Å²) in [7, 11) is 0. The first-order valence-electron chi connectivity index (χ1n) is 4.94. The lowest BCUT2D eigenvalue weighted by molar-refractivity contribution is -0.00780. The Kier molecular flexibility index (Phi) is 3.38. The Morgan fingerprint density at radius 1 is 1.44 bits per heavy atom. The van der Waals surface area contributed by atoms with Crippen molar-refractivity contribution in [1.82, 2.24) is 0 Å². The molecule has 1 aliphatic heterocycles. The van der Waals surface area contributed by atoms with E-state index in [0.717, 1.165) is 0 Å². The second-order valence-corrected chi connectivity index (χ2v) is 4.54. The molecule has 1 N–H and O–H groups in total. The predicted octanol–water partition coefficient (Wildman–Crippen LogP) is 2.87. The largest absolute Gasteiger partial charge is 0.389 e. The highest BCUT2D eigenvalue weighted by atomic mass is 35.5. The number of halogens is 2. The third-order valence-electron chi connectivity index (χ3n) is 2.48. The quantitative estimate of drug-likeness (QED) is 0.888. The van der Waals surface area contributed by atoms with Crippen LogP contribution >= 0.6 is 23.2 Å². The lowest BCUT2D eigenvalue weighted by atomic mass is 10.0. The zero-order valence-corrected chi connectivity index (χ0v) is 10.2. The molecule has 0 amide bonds. The van der Waals surface area contributed by atoms with Gasteiger partial charge in [0, 0.05) is 12.0 Å². The van der Waals surface area contributed by atoms with Crippen molar-refractivity contribution in [3.05, 3.63) is 33.8 Å². The predicted molar refractivity (Wildman–Crippen MR) is 64.2 cm³/mol. The maximum absolute atomic E-state index is 9.39. The molecule has 2 rings (SSSR count). The minimum atomic E-state index is -0.567. The van der Waals surface area contributed by atoms with Gasteiger partial charge >= 0.3 is 0 Å². The summed E-state index contributed by atoms with van der Waals surface area (Å²) < 4.78 is 0. The van der Waals surface area contributed by atoms with Crippen molar-refractivity contribution in [2.45, 2.75) is 25.6 Å². The number of aliphatic hydroxyl groups is 1. The van der Waals surface area contributed by atoms with Crippen LogP contribution in [0.25, 0.3) is 0 Å². The van der Waals surface area contributed by atoms with E-state index in [4.69, 9.17) is 28.0 Å². The number of rotatable bonds is 2. The van der Waals surface area contributed by atoms with Crippen molar-refractivity contribution in [3.8, 4) is 0 Å². The van der Waals surface area contributed by atoms with Gasteiger partial charge in [0.1, 0.15) is 0 Å². The molecule has 0 spiro atoms. The van der Waals surface area contributed by atoms with E-state index in [0.29, 0.717) is 27.7 Å². The lowest BCUT2D eigenvalue weighted by Crippen LogP contribution is -2.22. The van der Waals surface area contributed by atoms with Gasteiger partial charge in [0.15, 0.2) is 6.10 Å². The summed E-state index contributed by atoms with van der Waals surface area (Å²) >= 11 is 12.1. The fraction of sp³-hybridized carbons (Fsp3) is 0.364. The molecule has 1 heterocycles. The molecule has 0 aliphatic carbocycles. The lowest BCUT2D eigenvalue weighted by Gasteiger charge is -2.10. The Balaban J connectivity index is 2.27. The first-order chi connectivity index (χ1) is 7.59. The van der Waals surface area contributed by atoms with Gasteiger partial charge in [0.05, 0.1) is 21.9 Å². The molecular formula is C11H11Cl2NO2. The van der Waals surface area contributed by atoms with E-state index in [-0.39, 0.29) is 6.10 Å². The van der Waals surface area contributed by atoms with E-state index in [1.165, 1.54) is 0 Å². The van der Waals surface area contributed by atoms with Gasteiger partial charge in [-0.2, -0.15) is 0 Å². The van der Waals surface area contributed by atoms with Crippen molar-refractivity contribution in [1.29, 1.82) is 0 Å². The van der Waals surface area contributed by atoms with Crippen molar-refractivity contribution in [3.63, 3.8) is 0 Å². The summed E-state index contributed by atoms with van der Waals surface area (Å²) in [5, 5.41) is 14.4. The first kappa shape index (κ1) is 11.7. The molecule has 1 aromatic rings. The number of aliphatic hydroxyl groups excluding tert-OH is 1. The molecule has 0 fully saturated rings. The van der Waals surface area contributed by atoms with E-state index in [2.05, 4.69) is 5.16 Å². The molecule has 16 heavy (non-hydrogen) atoms. The molecule has 2 atom stereocenters. The van der Waals surface area contributed by atoms with Crippen LogP contribution in [-0.4, -0.2) is 23.0 Å². The van der Waals surface area contributed by atoms with E-state index in [9.17, 15) is 5.11 Å². The molecule has 5 heteroatoms. The maximum Gasteiger partial charge on any atom is 0.158 e. The average Bonchev–Trinajstić information content (AvgIpc) is 2.66. The smallest absolute Gasteiger partial charge is 0.158 e. The Morgan fingerprint density at radius 2 is 2.06 bits per heavy atom.